The molecule has 2 aliphatic heterocycles. The lowest BCUT2D eigenvalue weighted by atomic mass is 9.64. The van der Waals surface area contributed by atoms with Crippen molar-refractivity contribution in [3.8, 4) is 0 Å². The first-order valence-electron chi connectivity index (χ1n) is 12.5. The lowest BCUT2D eigenvalue weighted by molar-refractivity contribution is -0.130. The normalized spacial score (nSPS) is 35.1. The van der Waals surface area contributed by atoms with Crippen molar-refractivity contribution in [2.75, 3.05) is 13.2 Å². The Labute approximate surface area is 207 Å². The predicted molar refractivity (Wildman–Crippen MR) is 128 cm³/mol. The minimum Gasteiger partial charge on any atom is -0.446 e. The van der Waals surface area contributed by atoms with Gasteiger partial charge >= 0.3 is 6.09 Å². The number of primary amides is 1. The van der Waals surface area contributed by atoms with Gasteiger partial charge in [-0.3, -0.25) is 9.59 Å². The molecular weight excluding hydrogens is 454 g/mol. The maximum absolute atomic E-state index is 12.8. The number of aliphatic hydroxyl groups excluding tert-OH is 1. The molecule has 10 heteroatoms. The summed E-state index contributed by atoms with van der Waals surface area (Å²) in [6.45, 7) is 11.9. The summed E-state index contributed by atoms with van der Waals surface area (Å²) in [6, 6.07) is -2.18. The fourth-order valence-corrected chi connectivity index (χ4v) is 5.60. The van der Waals surface area contributed by atoms with Crippen molar-refractivity contribution in [2.24, 2.45) is 23.5 Å². The Bertz CT molecular complexity index is 852. The zero-order valence-electron chi connectivity index (χ0n) is 21.6. The Balaban J connectivity index is 1.64. The summed E-state index contributed by atoms with van der Waals surface area (Å²) in [7, 11) is 0. The van der Waals surface area contributed by atoms with Crippen LogP contribution in [0.2, 0.25) is 0 Å². The summed E-state index contributed by atoms with van der Waals surface area (Å²) >= 11 is 0. The lowest BCUT2D eigenvalue weighted by Gasteiger charge is -2.42. The molecule has 198 valence electrons. The summed E-state index contributed by atoms with van der Waals surface area (Å²) in [5.41, 5.74) is 5.87. The van der Waals surface area contributed by atoms with Crippen molar-refractivity contribution < 1.29 is 33.7 Å². The molecule has 2 saturated heterocycles. The molecule has 0 aromatic rings. The summed E-state index contributed by atoms with van der Waals surface area (Å²) in [6.07, 6.45) is 3.51. The van der Waals surface area contributed by atoms with Gasteiger partial charge in [0.15, 0.2) is 0 Å². The summed E-state index contributed by atoms with van der Waals surface area (Å²) in [5, 5.41) is 14.3. The third-order valence-electron chi connectivity index (χ3n) is 7.71. The van der Waals surface area contributed by atoms with E-state index < -0.39 is 36.6 Å². The largest absolute Gasteiger partial charge is 0.446 e. The first-order chi connectivity index (χ1) is 16.3. The molecular formula is C25H41N3O7. The molecule has 1 spiro atoms. The molecule has 3 fully saturated rings. The van der Waals surface area contributed by atoms with Crippen LogP contribution < -0.4 is 16.4 Å². The van der Waals surface area contributed by atoms with Crippen LogP contribution in [-0.2, 0) is 23.8 Å². The molecule has 8 atom stereocenters. The van der Waals surface area contributed by atoms with Crippen molar-refractivity contribution in [2.45, 2.75) is 96.3 Å². The summed E-state index contributed by atoms with van der Waals surface area (Å²) < 4.78 is 18.0. The molecule has 0 aromatic heterocycles. The van der Waals surface area contributed by atoms with Crippen LogP contribution in [-0.4, -0.2) is 71.7 Å². The highest BCUT2D eigenvalue weighted by molar-refractivity contribution is 5.90. The van der Waals surface area contributed by atoms with Crippen molar-refractivity contribution in [1.29, 1.82) is 0 Å². The van der Waals surface area contributed by atoms with Crippen LogP contribution in [0.3, 0.4) is 0 Å². The number of nitrogens with one attached hydrogen (secondary N) is 2. The van der Waals surface area contributed by atoms with Crippen molar-refractivity contribution in [1.82, 2.24) is 10.6 Å². The first kappa shape index (κ1) is 27.4. The van der Waals surface area contributed by atoms with Gasteiger partial charge in [0, 0.05) is 11.8 Å². The van der Waals surface area contributed by atoms with Gasteiger partial charge in [0.25, 0.3) is 0 Å². The fourth-order valence-electron chi connectivity index (χ4n) is 5.60. The second-order valence-corrected chi connectivity index (χ2v) is 11.0. The number of carbonyl (C=O) groups excluding carboxylic acids is 3. The minimum absolute atomic E-state index is 0.00124. The molecule has 5 N–H and O–H groups in total. The van der Waals surface area contributed by atoms with E-state index in [2.05, 4.69) is 44.4 Å². The number of amides is 3. The van der Waals surface area contributed by atoms with E-state index in [0.717, 1.165) is 12.8 Å². The second kappa shape index (κ2) is 10.4. The number of hydrogen-bond acceptors (Lipinski definition) is 7. The van der Waals surface area contributed by atoms with Gasteiger partial charge in [0.1, 0.15) is 18.2 Å². The number of rotatable bonds is 10. The number of alkyl carbamates (subject to hydrolysis) is 1. The van der Waals surface area contributed by atoms with E-state index in [-0.39, 0.29) is 41.2 Å². The first-order valence-corrected chi connectivity index (χ1v) is 12.5. The van der Waals surface area contributed by atoms with E-state index in [9.17, 15) is 19.5 Å². The third-order valence-corrected chi connectivity index (χ3v) is 7.71. The maximum atomic E-state index is 12.8. The van der Waals surface area contributed by atoms with E-state index in [1.54, 1.807) is 13.8 Å². The highest BCUT2D eigenvalue weighted by atomic mass is 16.6. The lowest BCUT2D eigenvalue weighted by Crippen LogP contribution is -2.56. The zero-order valence-corrected chi connectivity index (χ0v) is 21.6. The van der Waals surface area contributed by atoms with Gasteiger partial charge in [0.05, 0.1) is 30.5 Å². The number of carbonyl (C=O) groups is 3. The van der Waals surface area contributed by atoms with E-state index in [1.807, 2.05) is 0 Å². The molecule has 3 aliphatic rings. The molecule has 35 heavy (non-hydrogen) atoms. The Kier molecular flexibility index (Phi) is 8.18. The van der Waals surface area contributed by atoms with E-state index in [0.29, 0.717) is 13.0 Å². The summed E-state index contributed by atoms with van der Waals surface area (Å²) in [4.78, 5) is 36.8. The topological polar surface area (TPSA) is 156 Å². The molecule has 3 amide bonds. The average Bonchev–Trinajstić information content (AvgIpc) is 3.68. The van der Waals surface area contributed by atoms with Gasteiger partial charge in [-0.1, -0.05) is 32.4 Å². The van der Waals surface area contributed by atoms with Gasteiger partial charge in [-0.2, -0.15) is 0 Å². The average molecular weight is 496 g/mol. The van der Waals surface area contributed by atoms with Gasteiger partial charge in [-0.25, -0.2) is 4.79 Å². The van der Waals surface area contributed by atoms with Crippen LogP contribution in [0.5, 0.6) is 0 Å². The zero-order chi connectivity index (χ0) is 26.1. The molecule has 2 heterocycles. The number of nitrogens with two attached hydrogens (primary N) is 1. The summed E-state index contributed by atoms with van der Waals surface area (Å²) in [5.74, 6) is -1.68. The molecule has 0 radical (unpaired) electrons. The van der Waals surface area contributed by atoms with Crippen LogP contribution in [0, 0.1) is 17.8 Å². The standard InChI is InChI=1S/C25H41N3O7/c1-13(2)7-8-18-24(6,35-18)20-15(5)17(9-10-25(20)12-33-25)34-23(32)28-19(14(3)4)22(31)27-16(11-29)21(26)30/h7,14-20,29H,8-12H2,1-6H3,(H2,26,30)(H,27,31)(H,28,32). The number of epoxide rings is 2. The van der Waals surface area contributed by atoms with Crippen molar-refractivity contribution >= 4 is 17.9 Å². The van der Waals surface area contributed by atoms with E-state index in [4.69, 9.17) is 19.9 Å². The van der Waals surface area contributed by atoms with Gasteiger partial charge in [-0.15, -0.1) is 0 Å². The molecule has 1 saturated carbocycles. The molecule has 0 aromatic carbocycles. The van der Waals surface area contributed by atoms with Gasteiger partial charge in [0.2, 0.25) is 11.8 Å². The molecule has 0 bridgehead atoms. The Morgan fingerprint density at radius 3 is 2.43 bits per heavy atom. The monoisotopic (exact) mass is 495 g/mol. The molecule has 3 rings (SSSR count). The molecule has 1 aliphatic carbocycles. The quantitative estimate of drug-likeness (QED) is 0.264. The van der Waals surface area contributed by atoms with Crippen LogP contribution in [0.4, 0.5) is 4.79 Å². The van der Waals surface area contributed by atoms with Crippen molar-refractivity contribution in [3.05, 3.63) is 11.6 Å². The Morgan fingerprint density at radius 1 is 1.26 bits per heavy atom. The highest BCUT2D eigenvalue weighted by Gasteiger charge is 2.70. The molecule has 10 nitrogen and oxygen atoms in total. The van der Waals surface area contributed by atoms with Crippen LogP contribution in [0.15, 0.2) is 11.6 Å². The number of hydrogen-bond donors (Lipinski definition) is 4. The van der Waals surface area contributed by atoms with E-state index >= 15 is 0 Å². The second-order valence-electron chi connectivity index (χ2n) is 11.0. The Hall–Kier alpha value is -2.17. The third kappa shape index (κ3) is 5.98. The smallest absolute Gasteiger partial charge is 0.408 e. The van der Waals surface area contributed by atoms with E-state index in [1.165, 1.54) is 5.57 Å². The number of allylic oxidation sites excluding steroid dienone is 1. The van der Waals surface area contributed by atoms with Gasteiger partial charge in [-0.05, 0) is 46.0 Å². The molecule has 8 unspecified atom stereocenters. The van der Waals surface area contributed by atoms with Crippen LogP contribution in [0.25, 0.3) is 0 Å². The number of ether oxygens (including phenoxy) is 3. The Morgan fingerprint density at radius 2 is 1.91 bits per heavy atom. The highest BCUT2D eigenvalue weighted by Crippen LogP contribution is 2.60. The predicted octanol–water partition coefficient (Wildman–Crippen LogP) is 1.40. The van der Waals surface area contributed by atoms with Crippen molar-refractivity contribution in [3.63, 3.8) is 0 Å². The number of aliphatic hydroxyl groups is 1. The van der Waals surface area contributed by atoms with Crippen LogP contribution in [0.1, 0.15) is 60.8 Å². The maximum Gasteiger partial charge on any atom is 0.408 e. The van der Waals surface area contributed by atoms with Gasteiger partial charge < -0.3 is 35.7 Å². The minimum atomic E-state index is -1.23. The SMILES string of the molecule is CC(C)=CCC1OC1(C)C1C(C)C(OC(=O)NC(C(=O)NC(CO)C(N)=O)C(C)C)CCC12CO2. The van der Waals surface area contributed by atoms with Crippen LogP contribution >= 0.6 is 0 Å². The fraction of sp³-hybridized carbons (Fsp3) is 0.800.